The molecule has 3 atom stereocenters. The third-order valence-electron chi connectivity index (χ3n) is 7.32. The first-order valence-electron chi connectivity index (χ1n) is 12.1. The van der Waals surface area contributed by atoms with Crippen molar-refractivity contribution in [2.45, 2.75) is 19.3 Å². The van der Waals surface area contributed by atoms with Gasteiger partial charge in [-0.15, -0.1) is 0 Å². The van der Waals surface area contributed by atoms with Gasteiger partial charge in [0.25, 0.3) is 0 Å². The first-order valence-corrected chi connectivity index (χ1v) is 12.1. The number of rotatable bonds is 4. The van der Waals surface area contributed by atoms with Crippen LogP contribution in [0, 0.1) is 17.8 Å². The van der Waals surface area contributed by atoms with Crippen molar-refractivity contribution < 1.29 is 23.9 Å². The average molecular weight is 481 g/mol. The molecule has 0 saturated carbocycles. The minimum absolute atomic E-state index is 0.0567. The summed E-state index contributed by atoms with van der Waals surface area (Å²) in [6.45, 7) is 0.227. The first-order chi connectivity index (χ1) is 17.5. The lowest BCUT2D eigenvalue weighted by molar-refractivity contribution is -0.139. The summed E-state index contributed by atoms with van der Waals surface area (Å²) < 4.78 is 5.63. The number of allylic oxidation sites excluding steroid dienone is 2. The smallest absolute Gasteiger partial charge is 0.316 e. The molecule has 180 valence electrons. The van der Waals surface area contributed by atoms with Crippen LogP contribution < -0.4 is 14.5 Å². The molecular weight excluding hydrogens is 456 g/mol. The fourth-order valence-corrected chi connectivity index (χ4v) is 5.48. The molecule has 2 heterocycles. The van der Waals surface area contributed by atoms with Gasteiger partial charge in [-0.25, -0.2) is 4.90 Å². The summed E-state index contributed by atoms with van der Waals surface area (Å²) in [5.41, 5.74) is 1.17. The quantitative estimate of drug-likeness (QED) is 0.241. The van der Waals surface area contributed by atoms with E-state index < -0.39 is 11.9 Å². The van der Waals surface area contributed by atoms with Gasteiger partial charge in [-0.3, -0.25) is 19.2 Å². The van der Waals surface area contributed by atoms with Crippen molar-refractivity contribution in [3.05, 3.63) is 78.9 Å². The van der Waals surface area contributed by atoms with E-state index in [-0.39, 0.29) is 48.3 Å². The molecule has 2 fully saturated rings. The molecule has 3 aromatic rings. The van der Waals surface area contributed by atoms with E-state index in [4.69, 9.17) is 4.74 Å². The molecule has 0 radical (unpaired) electrons. The second-order valence-corrected chi connectivity index (χ2v) is 9.49. The summed E-state index contributed by atoms with van der Waals surface area (Å²) in [5.74, 6) is -2.13. The number of amides is 3. The summed E-state index contributed by atoms with van der Waals surface area (Å²) in [5, 5.41) is 1.97. The number of hydrogen-bond donors (Lipinski definition) is 0. The van der Waals surface area contributed by atoms with Gasteiger partial charge in [0, 0.05) is 24.4 Å². The van der Waals surface area contributed by atoms with Gasteiger partial charge >= 0.3 is 5.97 Å². The highest BCUT2D eigenvalue weighted by molar-refractivity contribution is 6.22. The zero-order chi connectivity index (χ0) is 24.8. The summed E-state index contributed by atoms with van der Waals surface area (Å²) in [4.78, 5) is 54.5. The van der Waals surface area contributed by atoms with E-state index in [1.54, 1.807) is 23.1 Å². The number of ether oxygens (including phenoxy) is 1. The zero-order valence-corrected chi connectivity index (χ0v) is 19.5. The van der Waals surface area contributed by atoms with Crippen molar-refractivity contribution in [2.24, 2.45) is 17.8 Å². The average Bonchev–Trinajstić information content (AvgIpc) is 3.41. The lowest BCUT2D eigenvalue weighted by Gasteiger charge is -2.19. The molecule has 0 spiro atoms. The second kappa shape index (κ2) is 8.75. The molecule has 7 nitrogen and oxygen atoms in total. The minimum Gasteiger partial charge on any atom is -0.426 e. The topological polar surface area (TPSA) is 84.0 Å². The molecule has 36 heavy (non-hydrogen) atoms. The molecule has 2 aliphatic heterocycles. The van der Waals surface area contributed by atoms with Crippen molar-refractivity contribution in [1.82, 2.24) is 0 Å². The second-order valence-electron chi connectivity index (χ2n) is 9.49. The van der Waals surface area contributed by atoms with Gasteiger partial charge in [-0.2, -0.15) is 0 Å². The largest absolute Gasteiger partial charge is 0.426 e. The summed E-state index contributed by atoms with van der Waals surface area (Å²) >= 11 is 0. The molecule has 6 rings (SSSR count). The van der Waals surface area contributed by atoms with Gasteiger partial charge in [-0.1, -0.05) is 54.6 Å². The van der Waals surface area contributed by atoms with Crippen LogP contribution in [-0.2, 0) is 19.2 Å². The summed E-state index contributed by atoms with van der Waals surface area (Å²) in [6.07, 6.45) is 5.06. The van der Waals surface area contributed by atoms with Crippen molar-refractivity contribution in [3.63, 3.8) is 0 Å². The molecule has 3 amide bonds. The highest BCUT2D eigenvalue weighted by atomic mass is 16.5. The van der Waals surface area contributed by atoms with Crippen molar-refractivity contribution in [2.75, 3.05) is 16.3 Å². The van der Waals surface area contributed by atoms with E-state index in [1.807, 2.05) is 54.6 Å². The molecular formula is C29H24N2O5. The Morgan fingerprint density at radius 2 is 1.53 bits per heavy atom. The van der Waals surface area contributed by atoms with E-state index in [1.165, 1.54) is 11.0 Å². The molecule has 3 aliphatic rings. The number of esters is 1. The van der Waals surface area contributed by atoms with E-state index in [9.17, 15) is 19.2 Å². The number of carbonyl (C=O) groups excluding carboxylic acids is 4. The summed E-state index contributed by atoms with van der Waals surface area (Å²) in [7, 11) is 0. The molecule has 3 aromatic carbocycles. The lowest BCUT2D eigenvalue weighted by Crippen LogP contribution is -2.31. The Bertz CT molecular complexity index is 1410. The molecule has 7 heteroatoms. The van der Waals surface area contributed by atoms with Gasteiger partial charge in [0.05, 0.1) is 29.1 Å². The molecule has 1 aliphatic carbocycles. The number of imide groups is 1. The SMILES string of the molecule is O=C(Oc1cccc(N2C(=O)[C@@H]3CC=CC[C@H]3C2=O)c1)[C@@H]1CC(=O)N(c2cccc3ccccc23)C1. The van der Waals surface area contributed by atoms with Crippen LogP contribution in [0.2, 0.25) is 0 Å². The number of nitrogens with zero attached hydrogens (tertiary/aromatic N) is 2. The summed E-state index contributed by atoms with van der Waals surface area (Å²) in [6, 6.07) is 20.1. The minimum atomic E-state index is -0.621. The van der Waals surface area contributed by atoms with E-state index in [0.717, 1.165) is 16.5 Å². The van der Waals surface area contributed by atoms with Gasteiger partial charge in [0.1, 0.15) is 5.75 Å². The van der Waals surface area contributed by atoms with Gasteiger partial charge < -0.3 is 9.64 Å². The number of benzene rings is 3. The van der Waals surface area contributed by atoms with Crippen LogP contribution in [0.3, 0.4) is 0 Å². The third-order valence-corrected chi connectivity index (χ3v) is 7.32. The molecule has 0 aromatic heterocycles. The van der Waals surface area contributed by atoms with Crippen LogP contribution in [0.15, 0.2) is 78.9 Å². The van der Waals surface area contributed by atoms with E-state index in [2.05, 4.69) is 0 Å². The standard InChI is InChI=1S/C29H24N2O5/c32-26-15-19(17-30(26)25-14-5-8-18-7-1-2-11-22(18)25)29(35)36-21-10-6-9-20(16-21)31-27(33)23-12-3-4-13-24(23)28(31)34/h1-11,14,16,19,23-24H,12-13,15,17H2/t19-,23-,24-/m1/s1. The fraction of sp³-hybridized carbons (Fsp3) is 0.241. The van der Waals surface area contributed by atoms with Crippen molar-refractivity contribution in [3.8, 4) is 5.75 Å². The Hall–Kier alpha value is -4.26. The maximum absolute atomic E-state index is 13.0. The van der Waals surface area contributed by atoms with Crippen LogP contribution in [0.4, 0.5) is 11.4 Å². The number of carbonyl (C=O) groups is 4. The Balaban J connectivity index is 1.19. The molecule has 0 N–H and O–H groups in total. The van der Waals surface area contributed by atoms with Crippen molar-refractivity contribution in [1.29, 1.82) is 0 Å². The van der Waals surface area contributed by atoms with Crippen LogP contribution >= 0.6 is 0 Å². The van der Waals surface area contributed by atoms with Crippen molar-refractivity contribution >= 4 is 45.8 Å². The Morgan fingerprint density at radius 3 is 2.31 bits per heavy atom. The molecule has 0 bridgehead atoms. The van der Waals surface area contributed by atoms with Gasteiger partial charge in [0.15, 0.2) is 0 Å². The zero-order valence-electron chi connectivity index (χ0n) is 19.5. The Labute approximate surface area is 207 Å². The number of hydrogen-bond acceptors (Lipinski definition) is 5. The fourth-order valence-electron chi connectivity index (χ4n) is 5.48. The van der Waals surface area contributed by atoms with Crippen LogP contribution in [0.1, 0.15) is 19.3 Å². The first kappa shape index (κ1) is 22.2. The lowest BCUT2D eigenvalue weighted by atomic mass is 9.85. The number of anilines is 2. The normalized spacial score (nSPS) is 23.4. The number of fused-ring (bicyclic) bond motifs is 2. The van der Waals surface area contributed by atoms with E-state index >= 15 is 0 Å². The van der Waals surface area contributed by atoms with Crippen LogP contribution in [0.5, 0.6) is 5.75 Å². The third kappa shape index (κ3) is 3.68. The maximum atomic E-state index is 13.0. The van der Waals surface area contributed by atoms with Gasteiger partial charge in [-0.05, 0) is 36.4 Å². The Morgan fingerprint density at radius 1 is 0.833 bits per heavy atom. The van der Waals surface area contributed by atoms with Crippen LogP contribution in [0.25, 0.3) is 10.8 Å². The maximum Gasteiger partial charge on any atom is 0.316 e. The highest BCUT2D eigenvalue weighted by Crippen LogP contribution is 2.38. The highest BCUT2D eigenvalue weighted by Gasteiger charge is 2.48. The molecule has 2 saturated heterocycles. The van der Waals surface area contributed by atoms with Crippen LogP contribution in [-0.4, -0.2) is 30.2 Å². The van der Waals surface area contributed by atoms with Gasteiger partial charge in [0.2, 0.25) is 17.7 Å². The predicted molar refractivity (Wildman–Crippen MR) is 134 cm³/mol. The monoisotopic (exact) mass is 480 g/mol. The Kier molecular flexibility index (Phi) is 5.40. The predicted octanol–water partition coefficient (Wildman–Crippen LogP) is 4.25. The van der Waals surface area contributed by atoms with E-state index in [0.29, 0.717) is 18.5 Å². The molecule has 0 unspecified atom stereocenters.